The molecule has 0 aliphatic carbocycles. The van der Waals surface area contributed by atoms with Crippen LogP contribution in [0.15, 0.2) is 47.6 Å². The molecule has 3 amide bonds. The van der Waals surface area contributed by atoms with Crippen molar-refractivity contribution >= 4 is 41.2 Å². The van der Waals surface area contributed by atoms with E-state index in [1.54, 1.807) is 42.5 Å². The van der Waals surface area contributed by atoms with Gasteiger partial charge in [-0.15, -0.1) is 0 Å². The van der Waals surface area contributed by atoms with Gasteiger partial charge in [0.1, 0.15) is 0 Å². The molecule has 10 heteroatoms. The molecule has 0 radical (unpaired) electrons. The number of hydrogen-bond acceptors (Lipinski definition) is 6. The quantitative estimate of drug-likeness (QED) is 0.218. The molecule has 2 rings (SSSR count). The van der Waals surface area contributed by atoms with Crippen LogP contribution >= 0.6 is 11.6 Å². The Morgan fingerprint density at radius 2 is 1.91 bits per heavy atom. The van der Waals surface area contributed by atoms with Gasteiger partial charge in [0.25, 0.3) is 5.91 Å². The van der Waals surface area contributed by atoms with Crippen LogP contribution in [0.2, 0.25) is 5.02 Å². The molecule has 0 aromatic heterocycles. The fraction of sp³-hybridized carbons (Fsp3) is 0.273. The Hall–Kier alpha value is -3.59. The molecule has 170 valence electrons. The number of hydrazone groups is 1. The van der Waals surface area contributed by atoms with Crippen molar-refractivity contribution in [2.75, 3.05) is 25.6 Å². The van der Waals surface area contributed by atoms with Crippen LogP contribution in [0.5, 0.6) is 11.5 Å². The number of nitrogens with zero attached hydrogens (tertiary/aromatic N) is 1. The van der Waals surface area contributed by atoms with Gasteiger partial charge in [-0.3, -0.25) is 14.4 Å². The molecule has 32 heavy (non-hydrogen) atoms. The molecule has 0 bridgehead atoms. The second kappa shape index (κ2) is 13.0. The van der Waals surface area contributed by atoms with E-state index in [-0.39, 0.29) is 12.5 Å². The maximum atomic E-state index is 12.1. The van der Waals surface area contributed by atoms with Crippen molar-refractivity contribution < 1.29 is 23.9 Å². The summed E-state index contributed by atoms with van der Waals surface area (Å²) < 4.78 is 10.8. The molecule has 9 nitrogen and oxygen atoms in total. The highest BCUT2D eigenvalue weighted by Crippen LogP contribution is 2.27. The minimum atomic E-state index is -0.852. The highest BCUT2D eigenvalue weighted by molar-refractivity contribution is 6.35. The molecule has 0 unspecified atom stereocenters. The second-order valence-corrected chi connectivity index (χ2v) is 7.00. The summed E-state index contributed by atoms with van der Waals surface area (Å²) in [6.45, 7) is 2.18. The maximum Gasteiger partial charge on any atom is 0.329 e. The van der Waals surface area contributed by atoms with Gasteiger partial charge in [-0.05, 0) is 48.4 Å². The number of ether oxygens (including phenoxy) is 2. The molecule has 0 spiro atoms. The van der Waals surface area contributed by atoms with Crippen molar-refractivity contribution in [3.63, 3.8) is 0 Å². The van der Waals surface area contributed by atoms with E-state index >= 15 is 0 Å². The van der Waals surface area contributed by atoms with Crippen LogP contribution < -0.4 is 25.5 Å². The van der Waals surface area contributed by atoms with E-state index in [9.17, 15) is 14.4 Å². The number of nitrogens with one attached hydrogen (secondary N) is 3. The first kappa shape index (κ1) is 24.7. The highest BCUT2D eigenvalue weighted by Gasteiger charge is 2.12. The van der Waals surface area contributed by atoms with E-state index in [2.05, 4.69) is 21.2 Å². The van der Waals surface area contributed by atoms with E-state index in [4.69, 9.17) is 21.1 Å². The Morgan fingerprint density at radius 3 is 2.62 bits per heavy atom. The number of hydrogen-bond donors (Lipinski definition) is 3. The molecular formula is C22H25ClN4O5. The molecule has 0 saturated heterocycles. The van der Waals surface area contributed by atoms with E-state index in [1.807, 2.05) is 6.92 Å². The molecular weight excluding hydrogens is 436 g/mol. The number of carbonyl (C=O) groups excluding carboxylic acids is 3. The van der Waals surface area contributed by atoms with Gasteiger partial charge < -0.3 is 20.1 Å². The molecule has 0 fully saturated rings. The number of rotatable bonds is 10. The van der Waals surface area contributed by atoms with Gasteiger partial charge in [-0.2, -0.15) is 5.10 Å². The van der Waals surface area contributed by atoms with Crippen LogP contribution in [0.3, 0.4) is 0 Å². The zero-order chi connectivity index (χ0) is 23.3. The Balaban J connectivity index is 1.88. The smallest absolute Gasteiger partial charge is 0.329 e. The Bertz CT molecular complexity index is 981. The maximum absolute atomic E-state index is 12.1. The SMILES string of the molecule is CCCCNC(=O)C(=O)N/N=C\c1ccc(OCC(=O)Nc2cccc(Cl)c2)c(OC)c1. The van der Waals surface area contributed by atoms with Crippen LogP contribution in [-0.4, -0.2) is 44.2 Å². The molecule has 3 N–H and O–H groups in total. The minimum Gasteiger partial charge on any atom is -0.493 e. The number of amides is 3. The standard InChI is InChI=1S/C22H25ClN4O5/c1-3-4-10-24-21(29)22(30)27-25-13-15-8-9-18(19(11-15)31-2)32-14-20(28)26-17-7-5-6-16(23)12-17/h5-9,11-13H,3-4,10,14H2,1-2H3,(H,24,29)(H,26,28)(H,27,30)/b25-13-. The van der Waals surface area contributed by atoms with E-state index in [1.165, 1.54) is 13.3 Å². The lowest BCUT2D eigenvalue weighted by Gasteiger charge is -2.11. The number of carbonyl (C=O) groups is 3. The summed E-state index contributed by atoms with van der Waals surface area (Å²) in [5.41, 5.74) is 3.31. The number of anilines is 1. The van der Waals surface area contributed by atoms with Crippen LogP contribution in [0.25, 0.3) is 0 Å². The van der Waals surface area contributed by atoms with Gasteiger partial charge in [-0.1, -0.05) is 31.0 Å². The van der Waals surface area contributed by atoms with E-state index in [0.717, 1.165) is 12.8 Å². The fourth-order valence-corrected chi connectivity index (χ4v) is 2.66. The third-order valence-corrected chi connectivity index (χ3v) is 4.29. The van der Waals surface area contributed by atoms with Gasteiger partial charge >= 0.3 is 11.8 Å². The number of unbranched alkanes of at least 4 members (excludes halogenated alkanes) is 1. The summed E-state index contributed by atoms with van der Waals surface area (Å²) in [6, 6.07) is 11.6. The third-order valence-electron chi connectivity index (χ3n) is 4.06. The van der Waals surface area contributed by atoms with Crippen molar-refractivity contribution in [2.24, 2.45) is 5.10 Å². The lowest BCUT2D eigenvalue weighted by atomic mass is 10.2. The van der Waals surface area contributed by atoms with Crippen LogP contribution in [-0.2, 0) is 14.4 Å². The first-order valence-electron chi connectivity index (χ1n) is 9.90. The highest BCUT2D eigenvalue weighted by atomic mass is 35.5. The molecule has 0 heterocycles. The van der Waals surface area contributed by atoms with Crippen molar-refractivity contribution in [1.82, 2.24) is 10.7 Å². The van der Waals surface area contributed by atoms with Gasteiger partial charge in [-0.25, -0.2) is 5.43 Å². The average Bonchev–Trinajstić information content (AvgIpc) is 2.78. The summed E-state index contributed by atoms with van der Waals surface area (Å²) in [5.74, 6) is -1.23. The first-order valence-corrected chi connectivity index (χ1v) is 10.3. The largest absolute Gasteiger partial charge is 0.493 e. The van der Waals surface area contributed by atoms with Gasteiger partial charge in [0, 0.05) is 17.3 Å². The monoisotopic (exact) mass is 460 g/mol. The number of methoxy groups -OCH3 is 1. The fourth-order valence-electron chi connectivity index (χ4n) is 2.47. The Morgan fingerprint density at radius 1 is 1.09 bits per heavy atom. The van der Waals surface area contributed by atoms with Crippen molar-refractivity contribution in [3.8, 4) is 11.5 Å². The molecule has 0 saturated carbocycles. The van der Waals surface area contributed by atoms with E-state index < -0.39 is 11.8 Å². The lowest BCUT2D eigenvalue weighted by Crippen LogP contribution is -2.38. The zero-order valence-corrected chi connectivity index (χ0v) is 18.6. The van der Waals surface area contributed by atoms with E-state index in [0.29, 0.717) is 34.3 Å². The normalized spacial score (nSPS) is 10.5. The summed E-state index contributed by atoms with van der Waals surface area (Å²) in [4.78, 5) is 35.4. The first-order chi connectivity index (χ1) is 15.4. The van der Waals surface area contributed by atoms with Gasteiger partial charge in [0.15, 0.2) is 18.1 Å². The lowest BCUT2D eigenvalue weighted by molar-refractivity contribution is -0.139. The summed E-state index contributed by atoms with van der Waals surface area (Å²) in [5, 5.41) is 9.46. The van der Waals surface area contributed by atoms with Crippen molar-refractivity contribution in [1.29, 1.82) is 0 Å². The minimum absolute atomic E-state index is 0.237. The second-order valence-electron chi connectivity index (χ2n) is 6.57. The molecule has 0 aliphatic heterocycles. The predicted molar refractivity (Wildman–Crippen MR) is 122 cm³/mol. The topological polar surface area (TPSA) is 118 Å². The molecule has 2 aromatic rings. The van der Waals surface area contributed by atoms with Crippen LogP contribution in [0.4, 0.5) is 5.69 Å². The average molecular weight is 461 g/mol. The molecule has 0 atom stereocenters. The van der Waals surface area contributed by atoms with Gasteiger partial charge in [0.05, 0.1) is 13.3 Å². The molecule has 0 aliphatic rings. The van der Waals surface area contributed by atoms with Crippen LogP contribution in [0, 0.1) is 0 Å². The van der Waals surface area contributed by atoms with Crippen LogP contribution in [0.1, 0.15) is 25.3 Å². The Kier molecular flexibility index (Phi) is 9.99. The number of benzene rings is 2. The summed E-state index contributed by atoms with van der Waals surface area (Å²) in [6.07, 6.45) is 3.06. The zero-order valence-electron chi connectivity index (χ0n) is 17.8. The Labute approximate surface area is 191 Å². The number of halogens is 1. The summed E-state index contributed by atoms with van der Waals surface area (Å²) >= 11 is 5.90. The predicted octanol–water partition coefficient (Wildman–Crippen LogP) is 2.73. The third kappa shape index (κ3) is 8.27. The molecule has 2 aromatic carbocycles. The van der Waals surface area contributed by atoms with Crippen molar-refractivity contribution in [3.05, 3.63) is 53.1 Å². The van der Waals surface area contributed by atoms with Crippen molar-refractivity contribution in [2.45, 2.75) is 19.8 Å². The van der Waals surface area contributed by atoms with Gasteiger partial charge in [0.2, 0.25) is 0 Å². The summed E-state index contributed by atoms with van der Waals surface area (Å²) in [7, 11) is 1.46.